The van der Waals surface area contributed by atoms with Gasteiger partial charge in [-0.15, -0.1) is 0 Å². The molecule has 0 spiro atoms. The van der Waals surface area contributed by atoms with Crippen molar-refractivity contribution in [1.29, 1.82) is 0 Å². The Labute approximate surface area is 119 Å². The van der Waals surface area contributed by atoms with Gasteiger partial charge in [0.2, 0.25) is 5.91 Å². The van der Waals surface area contributed by atoms with E-state index < -0.39 is 5.91 Å². The number of hydrogen-bond acceptors (Lipinski definition) is 2. The van der Waals surface area contributed by atoms with Gasteiger partial charge in [0, 0.05) is 23.0 Å². The van der Waals surface area contributed by atoms with Crippen LogP contribution in [-0.4, -0.2) is 10.9 Å². The Morgan fingerprint density at radius 2 is 1.85 bits per heavy atom. The molecule has 2 N–H and O–H groups in total. The highest BCUT2D eigenvalue weighted by molar-refractivity contribution is 6.00. The average molecular weight is 268 g/mol. The maximum absolute atomic E-state index is 11.7. The quantitative estimate of drug-likeness (QED) is 0.906. The number of carbonyl (C=O) groups excluding carboxylic acids is 1. The van der Waals surface area contributed by atoms with Crippen LogP contribution in [0, 0.1) is 6.92 Å². The van der Waals surface area contributed by atoms with E-state index in [0.717, 1.165) is 22.4 Å². The summed E-state index contributed by atoms with van der Waals surface area (Å²) in [5, 5.41) is 0. The van der Waals surface area contributed by atoms with E-state index in [9.17, 15) is 4.79 Å². The summed E-state index contributed by atoms with van der Waals surface area (Å²) in [4.78, 5) is 16.1. The predicted molar refractivity (Wildman–Crippen MR) is 81.6 cm³/mol. The molecule has 104 valence electrons. The average Bonchev–Trinajstić information content (AvgIpc) is 2.37. The Hall–Kier alpha value is -2.16. The summed E-state index contributed by atoms with van der Waals surface area (Å²) >= 11 is 0. The fraction of sp³-hybridized carbons (Fsp3) is 0.294. The van der Waals surface area contributed by atoms with Crippen LogP contribution in [0.2, 0.25) is 0 Å². The van der Waals surface area contributed by atoms with Crippen LogP contribution in [0.4, 0.5) is 0 Å². The summed E-state index contributed by atoms with van der Waals surface area (Å²) in [7, 11) is 0. The number of hydrogen-bond donors (Lipinski definition) is 1. The Morgan fingerprint density at radius 1 is 1.15 bits per heavy atom. The summed E-state index contributed by atoms with van der Waals surface area (Å²) in [5.41, 5.74) is 9.86. The number of amides is 1. The van der Waals surface area contributed by atoms with E-state index in [1.165, 1.54) is 0 Å². The van der Waals surface area contributed by atoms with Crippen molar-refractivity contribution in [3.05, 3.63) is 53.3 Å². The maximum atomic E-state index is 11.7. The Kier molecular flexibility index (Phi) is 3.62. The van der Waals surface area contributed by atoms with Crippen molar-refractivity contribution in [2.24, 2.45) is 5.73 Å². The summed E-state index contributed by atoms with van der Waals surface area (Å²) < 4.78 is 0. The van der Waals surface area contributed by atoms with Crippen molar-refractivity contribution in [3.8, 4) is 11.1 Å². The molecule has 1 aromatic carbocycles. The van der Waals surface area contributed by atoms with Gasteiger partial charge in [0.15, 0.2) is 0 Å². The van der Waals surface area contributed by atoms with Crippen molar-refractivity contribution < 1.29 is 4.79 Å². The van der Waals surface area contributed by atoms with Gasteiger partial charge in [0.05, 0.1) is 0 Å². The second kappa shape index (κ2) is 5.08. The highest BCUT2D eigenvalue weighted by Crippen LogP contribution is 2.35. The zero-order chi connectivity index (χ0) is 14.9. The van der Waals surface area contributed by atoms with E-state index in [-0.39, 0.29) is 5.41 Å². The molecule has 2 aromatic rings. The number of aryl methyl sites for hydroxylation is 1. The van der Waals surface area contributed by atoms with Crippen molar-refractivity contribution in [2.75, 3.05) is 0 Å². The molecular formula is C17H20N2O. The van der Waals surface area contributed by atoms with Crippen LogP contribution in [0.25, 0.3) is 11.1 Å². The minimum atomic E-state index is -0.410. The summed E-state index contributed by atoms with van der Waals surface area (Å²) in [6.07, 6.45) is 1.80. The molecule has 1 amide bonds. The molecule has 0 bridgehead atoms. The first-order valence-electron chi connectivity index (χ1n) is 6.67. The van der Waals surface area contributed by atoms with Gasteiger partial charge in [-0.05, 0) is 35.6 Å². The Bertz CT molecular complexity index is 637. The van der Waals surface area contributed by atoms with E-state index in [1.807, 2.05) is 31.2 Å². The number of rotatable bonds is 2. The largest absolute Gasteiger partial charge is 0.366 e. The number of pyridine rings is 1. The fourth-order valence-electron chi connectivity index (χ4n) is 2.31. The van der Waals surface area contributed by atoms with Gasteiger partial charge in [-0.1, -0.05) is 39.0 Å². The van der Waals surface area contributed by atoms with Gasteiger partial charge in [-0.2, -0.15) is 0 Å². The normalized spacial score (nSPS) is 11.4. The number of nitrogens with zero attached hydrogens (tertiary/aromatic N) is 1. The first-order valence-corrected chi connectivity index (χ1v) is 6.67. The second-order valence-electron chi connectivity index (χ2n) is 6.03. The molecule has 0 radical (unpaired) electrons. The van der Waals surface area contributed by atoms with Crippen LogP contribution in [0.15, 0.2) is 36.5 Å². The minimum absolute atomic E-state index is 0.0777. The summed E-state index contributed by atoms with van der Waals surface area (Å²) in [6, 6.07) is 9.62. The number of nitrogens with two attached hydrogens (primary N) is 1. The first kappa shape index (κ1) is 14.3. The lowest BCUT2D eigenvalue weighted by molar-refractivity contribution is 0.100. The highest BCUT2D eigenvalue weighted by atomic mass is 16.1. The van der Waals surface area contributed by atoms with Crippen LogP contribution in [-0.2, 0) is 5.41 Å². The Balaban J connectivity index is 2.76. The lowest BCUT2D eigenvalue weighted by Gasteiger charge is -2.24. The lowest BCUT2D eigenvalue weighted by Crippen LogP contribution is -2.18. The smallest absolute Gasteiger partial charge is 0.249 e. The number of benzene rings is 1. The van der Waals surface area contributed by atoms with Gasteiger partial charge in [-0.25, -0.2) is 0 Å². The van der Waals surface area contributed by atoms with Crippen LogP contribution in [0.3, 0.4) is 0 Å². The molecule has 2 rings (SSSR count). The van der Waals surface area contributed by atoms with Crippen LogP contribution in [0.1, 0.15) is 42.4 Å². The molecule has 0 aliphatic rings. The van der Waals surface area contributed by atoms with E-state index in [0.29, 0.717) is 5.56 Å². The molecule has 0 atom stereocenters. The SMILES string of the molecule is Cc1ccc(-c2c(C(N)=O)cccc2C(C)(C)C)cn1. The Morgan fingerprint density at radius 3 is 2.35 bits per heavy atom. The fourth-order valence-corrected chi connectivity index (χ4v) is 2.31. The highest BCUT2D eigenvalue weighted by Gasteiger charge is 2.22. The zero-order valence-corrected chi connectivity index (χ0v) is 12.4. The third-order valence-electron chi connectivity index (χ3n) is 3.34. The number of aromatic nitrogens is 1. The minimum Gasteiger partial charge on any atom is -0.366 e. The molecule has 3 heteroatoms. The lowest BCUT2D eigenvalue weighted by atomic mass is 9.80. The molecule has 3 nitrogen and oxygen atoms in total. The monoisotopic (exact) mass is 268 g/mol. The van der Waals surface area contributed by atoms with Gasteiger partial charge in [0.1, 0.15) is 0 Å². The van der Waals surface area contributed by atoms with Crippen molar-refractivity contribution >= 4 is 5.91 Å². The molecule has 0 fully saturated rings. The van der Waals surface area contributed by atoms with Crippen LogP contribution in [0.5, 0.6) is 0 Å². The number of primary amides is 1. The molecule has 0 aliphatic carbocycles. The van der Waals surface area contributed by atoms with Gasteiger partial charge >= 0.3 is 0 Å². The van der Waals surface area contributed by atoms with E-state index >= 15 is 0 Å². The predicted octanol–water partition coefficient (Wildman–Crippen LogP) is 3.45. The summed E-state index contributed by atoms with van der Waals surface area (Å²) in [6.45, 7) is 8.31. The first-order chi connectivity index (χ1) is 9.30. The summed E-state index contributed by atoms with van der Waals surface area (Å²) in [5.74, 6) is -0.410. The van der Waals surface area contributed by atoms with Crippen molar-refractivity contribution in [2.45, 2.75) is 33.1 Å². The molecule has 0 aliphatic heterocycles. The van der Waals surface area contributed by atoms with Crippen LogP contribution >= 0.6 is 0 Å². The molecule has 1 heterocycles. The third-order valence-corrected chi connectivity index (χ3v) is 3.34. The van der Waals surface area contributed by atoms with E-state index in [1.54, 1.807) is 12.3 Å². The second-order valence-corrected chi connectivity index (χ2v) is 6.03. The molecular weight excluding hydrogens is 248 g/mol. The number of carbonyl (C=O) groups is 1. The molecule has 1 aromatic heterocycles. The van der Waals surface area contributed by atoms with Crippen molar-refractivity contribution in [1.82, 2.24) is 4.98 Å². The van der Waals surface area contributed by atoms with Gasteiger partial charge < -0.3 is 5.73 Å². The zero-order valence-electron chi connectivity index (χ0n) is 12.4. The third kappa shape index (κ3) is 2.72. The van der Waals surface area contributed by atoms with E-state index in [4.69, 9.17) is 5.73 Å². The van der Waals surface area contributed by atoms with Gasteiger partial charge in [0.25, 0.3) is 0 Å². The molecule has 0 unspecified atom stereocenters. The van der Waals surface area contributed by atoms with Crippen LogP contribution < -0.4 is 5.73 Å². The molecule has 0 saturated heterocycles. The molecule has 20 heavy (non-hydrogen) atoms. The van der Waals surface area contributed by atoms with Crippen molar-refractivity contribution in [3.63, 3.8) is 0 Å². The van der Waals surface area contributed by atoms with E-state index in [2.05, 4.69) is 25.8 Å². The van der Waals surface area contributed by atoms with Gasteiger partial charge in [-0.3, -0.25) is 9.78 Å². The maximum Gasteiger partial charge on any atom is 0.249 e. The topological polar surface area (TPSA) is 56.0 Å². The standard InChI is InChI=1S/C17H20N2O/c1-11-8-9-12(10-19-11)15-13(16(18)20)6-5-7-14(15)17(2,3)4/h5-10H,1-4H3,(H2,18,20). The molecule has 0 saturated carbocycles.